The van der Waals surface area contributed by atoms with Crippen molar-refractivity contribution in [1.82, 2.24) is 0 Å². The highest BCUT2D eigenvalue weighted by Crippen LogP contribution is 2.57. The zero-order valence-electron chi connectivity index (χ0n) is 14.1. The van der Waals surface area contributed by atoms with E-state index in [9.17, 15) is 0 Å². The summed E-state index contributed by atoms with van der Waals surface area (Å²) in [6.45, 7) is 7.30. The van der Waals surface area contributed by atoms with Gasteiger partial charge in [0.1, 0.15) is 0 Å². The van der Waals surface area contributed by atoms with Crippen molar-refractivity contribution < 1.29 is 0 Å². The minimum atomic E-state index is 0.229. The van der Waals surface area contributed by atoms with Crippen molar-refractivity contribution in [3.8, 4) is 0 Å². The van der Waals surface area contributed by atoms with Crippen molar-refractivity contribution in [3.63, 3.8) is 0 Å². The maximum absolute atomic E-state index is 2.53. The van der Waals surface area contributed by atoms with Gasteiger partial charge in [0.05, 0.1) is 0 Å². The van der Waals surface area contributed by atoms with Crippen LogP contribution in [0.5, 0.6) is 0 Å². The van der Waals surface area contributed by atoms with E-state index in [0.29, 0.717) is 5.92 Å². The van der Waals surface area contributed by atoms with Gasteiger partial charge in [-0.25, -0.2) is 0 Å². The second-order valence-electron chi connectivity index (χ2n) is 7.96. The second kappa shape index (κ2) is 5.20. The van der Waals surface area contributed by atoms with Gasteiger partial charge in [-0.2, -0.15) is 0 Å². The lowest BCUT2D eigenvalue weighted by Gasteiger charge is -2.41. The van der Waals surface area contributed by atoms with Crippen LogP contribution < -0.4 is 0 Å². The summed E-state index contributed by atoms with van der Waals surface area (Å²) in [4.78, 5) is 0. The van der Waals surface area contributed by atoms with Crippen LogP contribution in [0.4, 0.5) is 0 Å². The molecule has 0 saturated heterocycles. The summed E-state index contributed by atoms with van der Waals surface area (Å²) < 4.78 is 1.32. The lowest BCUT2D eigenvalue weighted by Crippen LogP contribution is -2.34. The fourth-order valence-electron chi connectivity index (χ4n) is 4.64. The summed E-state index contributed by atoms with van der Waals surface area (Å²) in [6.07, 6.45) is 4.91. The molecule has 0 aromatic heterocycles. The molecule has 2 atom stereocenters. The Morgan fingerprint density at radius 2 is 1.65 bits per heavy atom. The maximum atomic E-state index is 2.53. The number of halogens is 1. The Kier molecular flexibility index (Phi) is 3.49. The summed E-state index contributed by atoms with van der Waals surface area (Å²) in [5, 5.41) is 0. The van der Waals surface area contributed by atoms with Crippen LogP contribution in [-0.2, 0) is 10.8 Å². The van der Waals surface area contributed by atoms with Gasteiger partial charge in [-0.1, -0.05) is 63.2 Å². The normalized spacial score (nSPS) is 28.0. The van der Waals surface area contributed by atoms with Gasteiger partial charge >= 0.3 is 0 Å². The van der Waals surface area contributed by atoms with Gasteiger partial charge in [0.15, 0.2) is 0 Å². The Morgan fingerprint density at radius 3 is 2.39 bits per heavy atom. The Labute approximate surface area is 153 Å². The number of rotatable bonds is 1. The monoisotopic (exact) mass is 414 g/mol. The average Bonchev–Trinajstić information content (AvgIpc) is 2.76. The van der Waals surface area contributed by atoms with Crippen LogP contribution in [-0.4, -0.2) is 0 Å². The summed E-state index contributed by atoms with van der Waals surface area (Å²) in [6, 6.07) is 18.2. The SMILES string of the molecule is CC1(c2ccc(I)cc2)CC=C2c3ccccc3C(C)(C)C2C1. The molecular formula is C22H23I. The third kappa shape index (κ3) is 2.31. The molecular weight excluding hydrogens is 391 g/mol. The lowest BCUT2D eigenvalue weighted by atomic mass is 9.63. The Bertz CT molecular complexity index is 782. The van der Waals surface area contributed by atoms with Crippen LogP contribution in [0.3, 0.4) is 0 Å². The highest BCUT2D eigenvalue weighted by atomic mass is 127. The summed E-state index contributed by atoms with van der Waals surface area (Å²) >= 11 is 2.39. The molecule has 0 N–H and O–H groups in total. The van der Waals surface area contributed by atoms with Crippen LogP contribution in [0, 0.1) is 9.49 Å². The molecule has 0 aliphatic heterocycles. The highest BCUT2D eigenvalue weighted by Gasteiger charge is 2.47. The van der Waals surface area contributed by atoms with E-state index < -0.39 is 0 Å². The number of allylic oxidation sites excluding steroid dienone is 2. The molecule has 0 bridgehead atoms. The van der Waals surface area contributed by atoms with Crippen LogP contribution in [0.25, 0.3) is 5.57 Å². The Balaban J connectivity index is 1.78. The first kappa shape index (κ1) is 15.4. The minimum Gasteiger partial charge on any atom is -0.0795 e. The summed E-state index contributed by atoms with van der Waals surface area (Å²) in [5.74, 6) is 0.623. The number of fused-ring (bicyclic) bond motifs is 3. The fourth-order valence-corrected chi connectivity index (χ4v) is 4.99. The minimum absolute atomic E-state index is 0.229. The first-order valence-corrected chi connectivity index (χ1v) is 9.56. The largest absolute Gasteiger partial charge is 0.0795 e. The molecule has 2 aromatic rings. The number of hydrogen-bond donors (Lipinski definition) is 0. The molecule has 0 fully saturated rings. The molecule has 0 saturated carbocycles. The van der Waals surface area contributed by atoms with E-state index in [2.05, 4.69) is 98.0 Å². The van der Waals surface area contributed by atoms with Gasteiger partial charge in [-0.05, 0) is 86.6 Å². The number of benzene rings is 2. The molecule has 0 radical (unpaired) electrons. The van der Waals surface area contributed by atoms with E-state index in [4.69, 9.17) is 0 Å². The van der Waals surface area contributed by atoms with E-state index in [1.807, 2.05) is 0 Å². The lowest BCUT2D eigenvalue weighted by molar-refractivity contribution is 0.291. The van der Waals surface area contributed by atoms with Crippen LogP contribution >= 0.6 is 22.6 Å². The van der Waals surface area contributed by atoms with E-state index in [-0.39, 0.29) is 10.8 Å². The van der Waals surface area contributed by atoms with Crippen molar-refractivity contribution >= 4 is 28.2 Å². The third-order valence-electron chi connectivity index (χ3n) is 6.15. The van der Waals surface area contributed by atoms with Crippen molar-refractivity contribution in [1.29, 1.82) is 0 Å². The van der Waals surface area contributed by atoms with Gasteiger partial charge in [-0.15, -0.1) is 0 Å². The molecule has 0 heterocycles. The predicted octanol–water partition coefficient (Wildman–Crippen LogP) is 6.33. The third-order valence-corrected chi connectivity index (χ3v) is 6.87. The van der Waals surface area contributed by atoms with Crippen molar-refractivity contribution in [3.05, 3.63) is 74.9 Å². The van der Waals surface area contributed by atoms with Crippen molar-refractivity contribution in [2.24, 2.45) is 5.92 Å². The molecule has 1 heteroatoms. The molecule has 118 valence electrons. The quantitative estimate of drug-likeness (QED) is 0.478. The van der Waals surface area contributed by atoms with Gasteiger partial charge in [0.2, 0.25) is 0 Å². The average molecular weight is 414 g/mol. The van der Waals surface area contributed by atoms with Gasteiger partial charge in [0.25, 0.3) is 0 Å². The maximum Gasteiger partial charge on any atom is 0.0130 e. The van der Waals surface area contributed by atoms with Crippen LogP contribution in [0.15, 0.2) is 54.6 Å². The van der Waals surface area contributed by atoms with Crippen LogP contribution in [0.1, 0.15) is 50.3 Å². The molecule has 2 unspecified atom stereocenters. The predicted molar refractivity (Wildman–Crippen MR) is 107 cm³/mol. The highest BCUT2D eigenvalue weighted by molar-refractivity contribution is 14.1. The molecule has 2 aromatic carbocycles. The topological polar surface area (TPSA) is 0 Å². The summed E-state index contributed by atoms with van der Waals surface area (Å²) in [5.41, 5.74) is 6.58. The van der Waals surface area contributed by atoms with E-state index in [1.165, 1.54) is 26.7 Å². The summed E-state index contributed by atoms with van der Waals surface area (Å²) in [7, 11) is 0. The zero-order chi connectivity index (χ0) is 16.2. The Morgan fingerprint density at radius 1 is 0.957 bits per heavy atom. The van der Waals surface area contributed by atoms with E-state index in [0.717, 1.165) is 6.42 Å². The van der Waals surface area contributed by atoms with Gasteiger partial charge < -0.3 is 0 Å². The molecule has 2 aliphatic carbocycles. The Hall–Kier alpha value is -1.09. The second-order valence-corrected chi connectivity index (χ2v) is 9.20. The standard InChI is InChI=1S/C22H23I/c1-21(2)19-7-5-4-6-17(19)18-12-13-22(3,14-20(18)21)15-8-10-16(23)11-9-15/h4-12,20H,13-14H2,1-3H3. The van der Waals surface area contributed by atoms with Gasteiger partial charge in [0, 0.05) is 3.57 Å². The van der Waals surface area contributed by atoms with E-state index in [1.54, 1.807) is 5.57 Å². The molecule has 0 amide bonds. The zero-order valence-corrected chi connectivity index (χ0v) is 16.2. The molecule has 23 heavy (non-hydrogen) atoms. The van der Waals surface area contributed by atoms with Crippen molar-refractivity contribution in [2.45, 2.75) is 44.4 Å². The van der Waals surface area contributed by atoms with Crippen molar-refractivity contribution in [2.75, 3.05) is 0 Å². The molecule has 0 nitrogen and oxygen atoms in total. The first-order chi connectivity index (χ1) is 10.9. The number of hydrogen-bond acceptors (Lipinski definition) is 0. The van der Waals surface area contributed by atoms with E-state index >= 15 is 0 Å². The molecule has 0 spiro atoms. The smallest absolute Gasteiger partial charge is 0.0130 e. The molecule has 4 rings (SSSR count). The molecule has 2 aliphatic rings. The first-order valence-electron chi connectivity index (χ1n) is 8.48. The fraction of sp³-hybridized carbons (Fsp3) is 0.364. The van der Waals surface area contributed by atoms with Gasteiger partial charge in [-0.3, -0.25) is 0 Å². The van der Waals surface area contributed by atoms with Crippen LogP contribution in [0.2, 0.25) is 0 Å².